The first-order valence-corrected chi connectivity index (χ1v) is 8.64. The maximum Gasteiger partial charge on any atom is 0.274 e. The van der Waals surface area contributed by atoms with Gasteiger partial charge in [0.25, 0.3) is 11.8 Å². The van der Waals surface area contributed by atoms with Crippen LogP contribution in [0.2, 0.25) is 0 Å². The second-order valence-electron chi connectivity index (χ2n) is 6.33. The minimum atomic E-state index is -0.631. The number of amides is 1. The first kappa shape index (κ1) is 17.1. The Morgan fingerprint density at radius 2 is 1.96 bits per heavy atom. The van der Waals surface area contributed by atoms with E-state index in [1.165, 1.54) is 32.1 Å². The molecule has 0 saturated heterocycles. The number of hydrogen-bond donors (Lipinski definition) is 3. The van der Waals surface area contributed by atoms with E-state index in [0.717, 1.165) is 6.42 Å². The molecule has 1 saturated carbocycles. The number of hydrogen-bond acceptors (Lipinski definition) is 6. The molecule has 1 aliphatic rings. The normalized spacial score (nSPS) is 15.0. The highest BCUT2D eigenvalue weighted by Gasteiger charge is 2.21. The van der Waals surface area contributed by atoms with Gasteiger partial charge in [-0.2, -0.15) is 4.98 Å². The molecule has 3 rings (SSSR count). The van der Waals surface area contributed by atoms with Crippen LogP contribution >= 0.6 is 0 Å². The van der Waals surface area contributed by atoms with E-state index in [1.54, 1.807) is 24.4 Å². The lowest BCUT2D eigenvalue weighted by Crippen LogP contribution is -2.27. The van der Waals surface area contributed by atoms with Crippen molar-refractivity contribution in [3.63, 3.8) is 0 Å². The quantitative estimate of drug-likeness (QED) is 0.771. The van der Waals surface area contributed by atoms with Crippen LogP contribution in [0.5, 0.6) is 11.6 Å². The summed E-state index contributed by atoms with van der Waals surface area (Å²) < 4.78 is 0. The molecule has 0 aromatic carbocycles. The van der Waals surface area contributed by atoms with Crippen molar-refractivity contribution in [2.24, 2.45) is 5.92 Å². The fourth-order valence-electron chi connectivity index (χ4n) is 3.16. The van der Waals surface area contributed by atoms with Gasteiger partial charge in [-0.15, -0.1) is 0 Å². The third-order valence-electron chi connectivity index (χ3n) is 4.54. The fraction of sp³-hybridized carbons (Fsp3) is 0.444. The number of rotatable bonds is 5. The van der Waals surface area contributed by atoms with Crippen molar-refractivity contribution in [1.29, 1.82) is 0 Å². The fourth-order valence-corrected chi connectivity index (χ4v) is 3.16. The molecule has 0 atom stereocenters. The summed E-state index contributed by atoms with van der Waals surface area (Å²) in [7, 11) is 0. The molecule has 2 heterocycles. The molecular weight excluding hydrogens is 320 g/mol. The first-order valence-electron chi connectivity index (χ1n) is 8.64. The second-order valence-corrected chi connectivity index (χ2v) is 6.33. The topological polar surface area (TPSA) is 108 Å². The molecule has 0 bridgehead atoms. The van der Waals surface area contributed by atoms with Crippen molar-refractivity contribution in [3.05, 3.63) is 30.1 Å². The van der Waals surface area contributed by atoms with Crippen LogP contribution in [-0.4, -0.2) is 37.6 Å². The summed E-state index contributed by atoms with van der Waals surface area (Å²) >= 11 is 0. The number of nitrogens with zero attached hydrogens (tertiary/aromatic N) is 3. The lowest BCUT2D eigenvalue weighted by Gasteiger charge is -2.21. The van der Waals surface area contributed by atoms with E-state index >= 15 is 0 Å². The van der Waals surface area contributed by atoms with Gasteiger partial charge < -0.3 is 15.5 Å². The van der Waals surface area contributed by atoms with Crippen molar-refractivity contribution in [2.75, 3.05) is 6.54 Å². The van der Waals surface area contributed by atoms with Crippen LogP contribution in [0.3, 0.4) is 0 Å². The summed E-state index contributed by atoms with van der Waals surface area (Å²) in [4.78, 5) is 24.3. The number of nitrogens with one attached hydrogen (secondary N) is 1. The molecule has 1 fully saturated rings. The zero-order valence-electron chi connectivity index (χ0n) is 14.0. The van der Waals surface area contributed by atoms with Crippen LogP contribution < -0.4 is 5.32 Å². The summed E-state index contributed by atoms with van der Waals surface area (Å²) in [6.07, 6.45) is 8.70. The zero-order valence-corrected chi connectivity index (χ0v) is 14.0. The Kier molecular flexibility index (Phi) is 5.42. The number of aromatic nitrogens is 3. The van der Waals surface area contributed by atoms with Crippen LogP contribution in [0.25, 0.3) is 11.5 Å². The summed E-state index contributed by atoms with van der Waals surface area (Å²) in [5.74, 6) is -1.04. The van der Waals surface area contributed by atoms with Gasteiger partial charge in [0, 0.05) is 12.7 Å². The summed E-state index contributed by atoms with van der Waals surface area (Å²) in [6.45, 7) is 0.520. The van der Waals surface area contributed by atoms with Crippen molar-refractivity contribution in [3.8, 4) is 23.1 Å². The van der Waals surface area contributed by atoms with E-state index in [2.05, 4.69) is 20.3 Å². The Morgan fingerprint density at radius 1 is 1.16 bits per heavy atom. The molecule has 0 aliphatic heterocycles. The molecule has 1 aliphatic carbocycles. The van der Waals surface area contributed by atoms with Crippen molar-refractivity contribution >= 4 is 5.91 Å². The SMILES string of the molecule is O=C(NCCC1CCCCC1)c1nc(-c2ccccn2)nc(O)c1O. The summed E-state index contributed by atoms with van der Waals surface area (Å²) in [5.41, 5.74) is 0.172. The minimum Gasteiger partial charge on any atom is -0.501 e. The second kappa shape index (κ2) is 7.92. The largest absolute Gasteiger partial charge is 0.501 e. The van der Waals surface area contributed by atoms with Crippen molar-refractivity contribution in [1.82, 2.24) is 20.3 Å². The average molecular weight is 342 g/mol. The molecule has 0 spiro atoms. The molecule has 7 nitrogen and oxygen atoms in total. The molecule has 7 heteroatoms. The third-order valence-corrected chi connectivity index (χ3v) is 4.54. The Bertz CT molecular complexity index is 731. The molecule has 2 aromatic heterocycles. The maximum atomic E-state index is 12.4. The Balaban J connectivity index is 1.69. The Morgan fingerprint density at radius 3 is 2.68 bits per heavy atom. The van der Waals surface area contributed by atoms with Crippen LogP contribution in [0.15, 0.2) is 24.4 Å². The maximum absolute atomic E-state index is 12.4. The van der Waals surface area contributed by atoms with Gasteiger partial charge in [-0.3, -0.25) is 9.78 Å². The van der Waals surface area contributed by atoms with Crippen molar-refractivity contribution in [2.45, 2.75) is 38.5 Å². The van der Waals surface area contributed by atoms with Gasteiger partial charge in [-0.05, 0) is 24.5 Å². The van der Waals surface area contributed by atoms with Crippen molar-refractivity contribution < 1.29 is 15.0 Å². The standard InChI is InChI=1S/C18H22N4O3/c23-15-14(17(24)20-11-9-12-6-2-1-3-7-12)21-16(22-18(15)25)13-8-4-5-10-19-13/h4-5,8,10,12,23H,1-3,6-7,9,11H2,(H,20,24)(H,21,22,25). The van der Waals surface area contributed by atoms with Crippen LogP contribution in [-0.2, 0) is 0 Å². The van der Waals surface area contributed by atoms with Gasteiger partial charge in [-0.1, -0.05) is 38.2 Å². The Hall–Kier alpha value is -2.70. The monoisotopic (exact) mass is 342 g/mol. The molecular formula is C18H22N4O3. The van der Waals surface area contributed by atoms with Gasteiger partial charge in [0.2, 0.25) is 5.75 Å². The first-order chi connectivity index (χ1) is 12.1. The summed E-state index contributed by atoms with van der Waals surface area (Å²) in [6, 6.07) is 5.15. The lowest BCUT2D eigenvalue weighted by molar-refractivity contribution is 0.0941. The third kappa shape index (κ3) is 4.23. The number of aromatic hydroxyl groups is 2. The molecule has 1 amide bonds. The highest BCUT2D eigenvalue weighted by molar-refractivity contribution is 5.95. The van der Waals surface area contributed by atoms with E-state index in [4.69, 9.17) is 0 Å². The average Bonchev–Trinajstić information content (AvgIpc) is 2.65. The van der Waals surface area contributed by atoms with E-state index in [-0.39, 0.29) is 11.5 Å². The van der Waals surface area contributed by atoms with Crippen LogP contribution in [0, 0.1) is 5.92 Å². The van der Waals surface area contributed by atoms with Crippen LogP contribution in [0.1, 0.15) is 49.0 Å². The van der Waals surface area contributed by atoms with Gasteiger partial charge >= 0.3 is 0 Å². The molecule has 0 unspecified atom stereocenters. The van der Waals surface area contributed by atoms with E-state index in [9.17, 15) is 15.0 Å². The number of pyridine rings is 1. The highest BCUT2D eigenvalue weighted by Crippen LogP contribution is 2.28. The Labute approximate surface area is 146 Å². The van der Waals surface area contributed by atoms with Gasteiger partial charge in [0.15, 0.2) is 11.5 Å². The van der Waals surface area contributed by atoms with E-state index in [0.29, 0.717) is 18.2 Å². The van der Waals surface area contributed by atoms with Gasteiger partial charge in [0.05, 0.1) is 0 Å². The predicted molar refractivity (Wildman–Crippen MR) is 92.1 cm³/mol. The smallest absolute Gasteiger partial charge is 0.274 e. The molecule has 3 N–H and O–H groups in total. The van der Waals surface area contributed by atoms with Gasteiger partial charge in [-0.25, -0.2) is 4.98 Å². The van der Waals surface area contributed by atoms with Gasteiger partial charge in [0.1, 0.15) is 5.69 Å². The lowest BCUT2D eigenvalue weighted by atomic mass is 9.87. The zero-order chi connectivity index (χ0) is 17.6. The van der Waals surface area contributed by atoms with E-state index in [1.807, 2.05) is 0 Å². The number of carbonyl (C=O) groups excluding carboxylic acids is 1. The molecule has 25 heavy (non-hydrogen) atoms. The molecule has 132 valence electrons. The highest BCUT2D eigenvalue weighted by atomic mass is 16.3. The van der Waals surface area contributed by atoms with E-state index < -0.39 is 17.5 Å². The minimum absolute atomic E-state index is 0.0910. The number of carbonyl (C=O) groups is 1. The summed E-state index contributed by atoms with van der Waals surface area (Å²) in [5, 5.41) is 22.5. The molecule has 0 radical (unpaired) electrons. The molecule has 2 aromatic rings. The van der Waals surface area contributed by atoms with Crippen LogP contribution in [0.4, 0.5) is 0 Å². The predicted octanol–water partition coefficient (Wildman–Crippen LogP) is 2.65.